The van der Waals surface area contributed by atoms with Crippen molar-refractivity contribution in [3.05, 3.63) is 96.6 Å². The molecule has 0 heterocycles. The maximum absolute atomic E-state index is 5.71. The molecule has 0 saturated carbocycles. The summed E-state index contributed by atoms with van der Waals surface area (Å²) in [7, 11) is 0. The summed E-state index contributed by atoms with van der Waals surface area (Å²) < 4.78 is 0. The smallest absolute Gasteiger partial charge is 0.0387 e. The van der Waals surface area contributed by atoms with E-state index in [1.807, 2.05) is 12.1 Å². The summed E-state index contributed by atoms with van der Waals surface area (Å²) in [6.45, 7) is 0.551. The molecule has 2 heteroatoms. The van der Waals surface area contributed by atoms with Crippen LogP contribution >= 0.6 is 0 Å². The van der Waals surface area contributed by atoms with Crippen LogP contribution in [0.25, 0.3) is 21.9 Å². The number of hydrogen-bond acceptors (Lipinski definition) is 2. The van der Waals surface area contributed by atoms with E-state index in [1.54, 1.807) is 0 Å². The van der Waals surface area contributed by atoms with Crippen molar-refractivity contribution < 1.29 is 0 Å². The zero-order chi connectivity index (χ0) is 17.1. The Kier molecular flexibility index (Phi) is 4.19. The Morgan fingerprint density at radius 2 is 1.44 bits per heavy atom. The largest absolute Gasteiger partial charge is 0.356 e. The number of fused-ring (bicyclic) bond motifs is 1. The van der Waals surface area contributed by atoms with Crippen molar-refractivity contribution in [3.8, 4) is 11.1 Å². The lowest BCUT2D eigenvalue weighted by Crippen LogP contribution is -1.97. The van der Waals surface area contributed by atoms with Gasteiger partial charge in [0.1, 0.15) is 0 Å². The summed E-state index contributed by atoms with van der Waals surface area (Å²) in [5, 5.41) is 5.98. The van der Waals surface area contributed by atoms with Crippen LogP contribution in [0.4, 0.5) is 11.4 Å². The van der Waals surface area contributed by atoms with E-state index >= 15 is 0 Å². The van der Waals surface area contributed by atoms with Gasteiger partial charge in [0, 0.05) is 17.9 Å². The molecule has 3 N–H and O–H groups in total. The third kappa shape index (κ3) is 3.25. The third-order valence-electron chi connectivity index (χ3n) is 4.44. The Bertz CT molecular complexity index is 998. The summed E-state index contributed by atoms with van der Waals surface area (Å²) in [5.41, 5.74) is 11.4. The Balaban J connectivity index is 1.63. The highest BCUT2D eigenvalue weighted by atomic mass is 14.9. The molecule has 4 rings (SSSR count). The van der Waals surface area contributed by atoms with Gasteiger partial charge >= 0.3 is 0 Å². The minimum Gasteiger partial charge on any atom is -0.356 e. The zero-order valence-electron chi connectivity index (χ0n) is 13.9. The topological polar surface area (TPSA) is 38.0 Å². The van der Waals surface area contributed by atoms with E-state index in [9.17, 15) is 0 Å². The fraction of sp³-hybridized carbons (Fsp3) is 0.0435. The maximum atomic E-state index is 5.71. The molecule has 0 unspecified atom stereocenters. The van der Waals surface area contributed by atoms with Crippen LogP contribution in [-0.4, -0.2) is 0 Å². The van der Waals surface area contributed by atoms with Gasteiger partial charge in [-0.25, -0.2) is 0 Å². The van der Waals surface area contributed by atoms with Gasteiger partial charge in [0.15, 0.2) is 0 Å². The third-order valence-corrected chi connectivity index (χ3v) is 4.44. The predicted octanol–water partition coefficient (Wildman–Crippen LogP) is 5.71. The molecule has 0 spiro atoms. The first-order valence-electron chi connectivity index (χ1n) is 8.48. The molecular weight excluding hydrogens is 304 g/mol. The van der Waals surface area contributed by atoms with Crippen LogP contribution < -0.4 is 11.1 Å². The highest BCUT2D eigenvalue weighted by Gasteiger charge is 2.03. The molecule has 0 atom stereocenters. The number of anilines is 2. The first-order valence-corrected chi connectivity index (χ1v) is 8.48. The Labute approximate surface area is 147 Å². The number of nitrogens with one attached hydrogen (secondary N) is 1. The summed E-state index contributed by atoms with van der Waals surface area (Å²) in [5.74, 6) is 0. The molecule has 0 aliphatic rings. The molecule has 25 heavy (non-hydrogen) atoms. The Morgan fingerprint density at radius 3 is 2.28 bits per heavy atom. The fourth-order valence-corrected chi connectivity index (χ4v) is 3.15. The van der Waals surface area contributed by atoms with Gasteiger partial charge in [0.2, 0.25) is 0 Å². The van der Waals surface area contributed by atoms with Crippen LogP contribution in [0.3, 0.4) is 0 Å². The van der Waals surface area contributed by atoms with Crippen LogP contribution in [0, 0.1) is 0 Å². The van der Waals surface area contributed by atoms with Crippen LogP contribution in [0.5, 0.6) is 0 Å². The number of rotatable bonds is 4. The van der Waals surface area contributed by atoms with Crippen molar-refractivity contribution >= 4 is 22.1 Å². The number of nitrogens with two attached hydrogens (primary N) is 1. The molecule has 122 valence electrons. The van der Waals surface area contributed by atoms with Crippen molar-refractivity contribution in [1.29, 1.82) is 0 Å². The molecule has 0 fully saturated rings. The number of benzene rings is 4. The lowest BCUT2D eigenvalue weighted by molar-refractivity contribution is 1.07. The Hall–Kier alpha value is -3.10. The van der Waals surface area contributed by atoms with Crippen molar-refractivity contribution in [3.63, 3.8) is 0 Å². The molecule has 4 aromatic carbocycles. The molecule has 0 bridgehead atoms. The normalized spacial score (nSPS) is 10.8. The van der Waals surface area contributed by atoms with Gasteiger partial charge in [-0.05, 0) is 51.7 Å². The zero-order valence-corrected chi connectivity index (χ0v) is 13.9. The minimum absolute atomic E-state index is 0.551. The fourth-order valence-electron chi connectivity index (χ4n) is 3.15. The monoisotopic (exact) mass is 324 g/mol. The van der Waals surface area contributed by atoms with Crippen LogP contribution in [0.15, 0.2) is 91.0 Å². The summed E-state index contributed by atoms with van der Waals surface area (Å²) >= 11 is 0. The molecule has 0 aromatic heterocycles. The standard InChI is InChI=1S/C23H20N2/c24-16-17-5-3-8-21(15-17)25-20-13-11-19(12-14-20)23-10-4-7-18-6-1-2-9-22(18)23/h1-15,25H,16,24H2. The average molecular weight is 324 g/mol. The molecule has 4 aromatic rings. The quantitative estimate of drug-likeness (QED) is 0.504. The second kappa shape index (κ2) is 6.80. The van der Waals surface area contributed by atoms with E-state index in [2.05, 4.69) is 84.2 Å². The number of hydrogen-bond donors (Lipinski definition) is 2. The highest BCUT2D eigenvalue weighted by molar-refractivity contribution is 5.96. The molecule has 0 radical (unpaired) electrons. The lowest BCUT2D eigenvalue weighted by atomic mass is 9.98. The summed E-state index contributed by atoms with van der Waals surface area (Å²) in [6.07, 6.45) is 0. The van der Waals surface area contributed by atoms with Crippen molar-refractivity contribution in [2.45, 2.75) is 6.54 Å². The first kappa shape index (κ1) is 15.4. The molecule has 0 aliphatic carbocycles. The van der Waals surface area contributed by atoms with E-state index in [4.69, 9.17) is 5.73 Å². The van der Waals surface area contributed by atoms with E-state index in [1.165, 1.54) is 21.9 Å². The Morgan fingerprint density at radius 1 is 0.680 bits per heavy atom. The van der Waals surface area contributed by atoms with Gasteiger partial charge in [-0.3, -0.25) is 0 Å². The molecule has 0 amide bonds. The SMILES string of the molecule is NCc1cccc(Nc2ccc(-c3cccc4ccccc34)cc2)c1. The minimum atomic E-state index is 0.551. The van der Waals surface area contributed by atoms with Crippen LogP contribution in [0.1, 0.15) is 5.56 Å². The lowest BCUT2D eigenvalue weighted by Gasteiger charge is -2.10. The maximum Gasteiger partial charge on any atom is 0.0387 e. The van der Waals surface area contributed by atoms with Gasteiger partial charge in [-0.2, -0.15) is 0 Å². The van der Waals surface area contributed by atoms with E-state index in [-0.39, 0.29) is 0 Å². The molecule has 0 saturated heterocycles. The molecule has 0 aliphatic heterocycles. The second-order valence-corrected chi connectivity index (χ2v) is 6.13. The summed E-state index contributed by atoms with van der Waals surface area (Å²) in [4.78, 5) is 0. The van der Waals surface area contributed by atoms with Gasteiger partial charge in [0.05, 0.1) is 0 Å². The second-order valence-electron chi connectivity index (χ2n) is 6.13. The van der Waals surface area contributed by atoms with Gasteiger partial charge in [-0.15, -0.1) is 0 Å². The predicted molar refractivity (Wildman–Crippen MR) is 107 cm³/mol. The van der Waals surface area contributed by atoms with E-state index in [0.29, 0.717) is 6.54 Å². The van der Waals surface area contributed by atoms with Gasteiger partial charge in [0.25, 0.3) is 0 Å². The average Bonchev–Trinajstić information content (AvgIpc) is 2.68. The van der Waals surface area contributed by atoms with Crippen LogP contribution in [-0.2, 0) is 6.54 Å². The summed E-state index contributed by atoms with van der Waals surface area (Å²) in [6, 6.07) is 31.7. The van der Waals surface area contributed by atoms with Crippen molar-refractivity contribution in [1.82, 2.24) is 0 Å². The molecule has 2 nitrogen and oxygen atoms in total. The van der Waals surface area contributed by atoms with Crippen LogP contribution in [0.2, 0.25) is 0 Å². The molecular formula is C23H20N2. The van der Waals surface area contributed by atoms with E-state index < -0.39 is 0 Å². The van der Waals surface area contributed by atoms with Crippen molar-refractivity contribution in [2.24, 2.45) is 5.73 Å². The van der Waals surface area contributed by atoms with Crippen molar-refractivity contribution in [2.75, 3.05) is 5.32 Å². The first-order chi connectivity index (χ1) is 12.3. The van der Waals surface area contributed by atoms with Gasteiger partial charge in [-0.1, -0.05) is 66.7 Å². The van der Waals surface area contributed by atoms with E-state index in [0.717, 1.165) is 16.9 Å². The van der Waals surface area contributed by atoms with Gasteiger partial charge < -0.3 is 11.1 Å². The highest BCUT2D eigenvalue weighted by Crippen LogP contribution is 2.30.